The molecule has 0 saturated carbocycles. The topological polar surface area (TPSA) is 40.5 Å². The number of aldehydes is 1. The number of hydrogen-bond acceptors (Lipinski definition) is 3. The predicted molar refractivity (Wildman–Crippen MR) is 73.5 cm³/mol. The molecule has 4 heteroatoms. The van der Waals surface area contributed by atoms with Crippen LogP contribution in [-0.2, 0) is 0 Å². The van der Waals surface area contributed by atoms with E-state index in [2.05, 4.69) is 4.90 Å². The molecule has 1 heterocycles. The second kappa shape index (κ2) is 6.21. The van der Waals surface area contributed by atoms with Crippen LogP contribution >= 0.6 is 11.6 Å². The van der Waals surface area contributed by atoms with E-state index >= 15 is 0 Å². The van der Waals surface area contributed by atoms with Crippen molar-refractivity contribution in [3.8, 4) is 0 Å². The minimum absolute atomic E-state index is 0.236. The van der Waals surface area contributed by atoms with Gasteiger partial charge in [-0.25, -0.2) is 0 Å². The molecule has 1 unspecified atom stereocenters. The van der Waals surface area contributed by atoms with Crippen molar-refractivity contribution < 1.29 is 9.90 Å². The van der Waals surface area contributed by atoms with Crippen LogP contribution in [-0.4, -0.2) is 31.1 Å². The summed E-state index contributed by atoms with van der Waals surface area (Å²) >= 11 is 5.90. The van der Waals surface area contributed by atoms with Crippen molar-refractivity contribution in [3.63, 3.8) is 0 Å². The molecule has 98 valence electrons. The van der Waals surface area contributed by atoms with E-state index in [1.807, 2.05) is 12.1 Å². The van der Waals surface area contributed by atoms with Gasteiger partial charge in [-0.3, -0.25) is 4.79 Å². The van der Waals surface area contributed by atoms with Crippen molar-refractivity contribution >= 4 is 23.6 Å². The molecule has 1 aliphatic rings. The van der Waals surface area contributed by atoms with Gasteiger partial charge in [0.1, 0.15) is 0 Å². The third-order valence-electron chi connectivity index (χ3n) is 3.51. The van der Waals surface area contributed by atoms with Crippen molar-refractivity contribution in [1.29, 1.82) is 0 Å². The van der Waals surface area contributed by atoms with Gasteiger partial charge in [-0.05, 0) is 43.4 Å². The van der Waals surface area contributed by atoms with Crippen molar-refractivity contribution in [2.75, 3.05) is 24.6 Å². The van der Waals surface area contributed by atoms with E-state index in [-0.39, 0.29) is 6.61 Å². The maximum Gasteiger partial charge on any atom is 0.152 e. The quantitative estimate of drug-likeness (QED) is 0.853. The van der Waals surface area contributed by atoms with Crippen LogP contribution in [0.1, 0.15) is 29.6 Å². The molecule has 0 amide bonds. The van der Waals surface area contributed by atoms with E-state index in [1.165, 1.54) is 0 Å². The Morgan fingerprint density at radius 3 is 3.06 bits per heavy atom. The first-order chi connectivity index (χ1) is 8.74. The Morgan fingerprint density at radius 2 is 2.33 bits per heavy atom. The highest BCUT2D eigenvalue weighted by Crippen LogP contribution is 2.28. The van der Waals surface area contributed by atoms with Crippen molar-refractivity contribution in [3.05, 3.63) is 28.8 Å². The monoisotopic (exact) mass is 267 g/mol. The predicted octanol–water partition coefficient (Wildman–Crippen LogP) is 2.75. The second-order valence-corrected chi connectivity index (χ2v) is 5.22. The molecule has 1 atom stereocenters. The Labute approximate surface area is 112 Å². The molecule has 0 radical (unpaired) electrons. The summed E-state index contributed by atoms with van der Waals surface area (Å²) in [6.07, 6.45) is 3.95. The van der Waals surface area contributed by atoms with Gasteiger partial charge in [0, 0.05) is 36.0 Å². The first-order valence-electron chi connectivity index (χ1n) is 6.35. The maximum absolute atomic E-state index is 11.1. The zero-order valence-corrected chi connectivity index (χ0v) is 11.1. The lowest BCUT2D eigenvalue weighted by Gasteiger charge is -2.35. The zero-order valence-electron chi connectivity index (χ0n) is 10.3. The van der Waals surface area contributed by atoms with Crippen LogP contribution in [0.3, 0.4) is 0 Å². The second-order valence-electron chi connectivity index (χ2n) is 4.79. The molecule has 1 N–H and O–H groups in total. The number of anilines is 1. The number of benzene rings is 1. The van der Waals surface area contributed by atoms with E-state index in [0.29, 0.717) is 16.5 Å². The number of nitrogens with zero attached hydrogens (tertiary/aromatic N) is 1. The van der Waals surface area contributed by atoms with Crippen LogP contribution < -0.4 is 4.90 Å². The number of halogens is 1. The third kappa shape index (κ3) is 3.03. The largest absolute Gasteiger partial charge is 0.396 e. The van der Waals surface area contributed by atoms with Gasteiger partial charge in [-0.15, -0.1) is 0 Å². The fourth-order valence-electron chi connectivity index (χ4n) is 2.61. The van der Waals surface area contributed by atoms with Gasteiger partial charge in [0.2, 0.25) is 0 Å². The molecular weight excluding hydrogens is 250 g/mol. The van der Waals surface area contributed by atoms with Gasteiger partial charge >= 0.3 is 0 Å². The van der Waals surface area contributed by atoms with Gasteiger partial charge < -0.3 is 10.0 Å². The summed E-state index contributed by atoms with van der Waals surface area (Å²) in [6.45, 7) is 2.10. The first-order valence-corrected chi connectivity index (χ1v) is 6.73. The molecule has 0 aliphatic carbocycles. The third-order valence-corrected chi connectivity index (χ3v) is 3.75. The minimum atomic E-state index is 0.236. The fourth-order valence-corrected chi connectivity index (χ4v) is 2.79. The lowest BCUT2D eigenvalue weighted by Crippen LogP contribution is -2.36. The lowest BCUT2D eigenvalue weighted by molar-refractivity contribution is 0.112. The highest BCUT2D eigenvalue weighted by Gasteiger charge is 2.21. The smallest absolute Gasteiger partial charge is 0.152 e. The number of carbonyl (C=O) groups is 1. The molecule has 0 spiro atoms. The number of aliphatic hydroxyl groups excluding tert-OH is 1. The van der Waals surface area contributed by atoms with Crippen molar-refractivity contribution in [2.24, 2.45) is 5.92 Å². The number of carbonyl (C=O) groups excluding carboxylic acids is 1. The van der Waals surface area contributed by atoms with Crippen LogP contribution in [0.2, 0.25) is 5.02 Å². The summed E-state index contributed by atoms with van der Waals surface area (Å²) in [5.41, 5.74) is 1.60. The van der Waals surface area contributed by atoms with Crippen LogP contribution in [0.4, 0.5) is 5.69 Å². The molecule has 1 aromatic carbocycles. The van der Waals surface area contributed by atoms with Crippen LogP contribution in [0.15, 0.2) is 18.2 Å². The Kier molecular flexibility index (Phi) is 4.61. The SMILES string of the molecule is O=Cc1cc(Cl)ccc1N1CCCC(CCO)C1. The Morgan fingerprint density at radius 1 is 1.50 bits per heavy atom. The van der Waals surface area contributed by atoms with Crippen LogP contribution in [0.25, 0.3) is 0 Å². The zero-order chi connectivity index (χ0) is 13.0. The fraction of sp³-hybridized carbons (Fsp3) is 0.500. The van der Waals surface area contributed by atoms with E-state index in [0.717, 1.165) is 44.3 Å². The summed E-state index contributed by atoms with van der Waals surface area (Å²) in [7, 11) is 0. The van der Waals surface area contributed by atoms with Crippen LogP contribution in [0.5, 0.6) is 0 Å². The van der Waals surface area contributed by atoms with Gasteiger partial charge in [0.25, 0.3) is 0 Å². The molecule has 0 bridgehead atoms. The summed E-state index contributed by atoms with van der Waals surface area (Å²) in [4.78, 5) is 13.3. The highest BCUT2D eigenvalue weighted by molar-refractivity contribution is 6.31. The Bertz CT molecular complexity index is 420. The summed E-state index contributed by atoms with van der Waals surface area (Å²) in [5, 5.41) is 9.61. The number of piperidine rings is 1. The summed E-state index contributed by atoms with van der Waals surface area (Å²) in [5.74, 6) is 0.513. The lowest BCUT2D eigenvalue weighted by atomic mass is 9.94. The maximum atomic E-state index is 11.1. The highest BCUT2D eigenvalue weighted by atomic mass is 35.5. The molecule has 1 aliphatic heterocycles. The summed E-state index contributed by atoms with van der Waals surface area (Å²) in [6, 6.07) is 5.44. The average molecular weight is 268 g/mol. The molecule has 1 fully saturated rings. The normalized spacial score (nSPS) is 19.9. The Hall–Kier alpha value is -1.06. The van der Waals surface area contributed by atoms with Gasteiger partial charge in [0.05, 0.1) is 0 Å². The molecule has 2 rings (SSSR count). The van der Waals surface area contributed by atoms with Crippen molar-refractivity contribution in [1.82, 2.24) is 0 Å². The van der Waals surface area contributed by atoms with Crippen LogP contribution in [0, 0.1) is 5.92 Å². The minimum Gasteiger partial charge on any atom is -0.396 e. The van der Waals surface area contributed by atoms with E-state index < -0.39 is 0 Å². The molecule has 3 nitrogen and oxygen atoms in total. The van der Waals surface area contributed by atoms with Gasteiger partial charge in [-0.1, -0.05) is 11.6 Å². The number of hydrogen-bond donors (Lipinski definition) is 1. The molecular formula is C14H18ClNO2. The molecule has 18 heavy (non-hydrogen) atoms. The number of rotatable bonds is 4. The van der Waals surface area contributed by atoms with Gasteiger partial charge in [0.15, 0.2) is 6.29 Å². The first kappa shape index (κ1) is 13.4. The molecule has 0 aromatic heterocycles. The molecule has 1 saturated heterocycles. The van der Waals surface area contributed by atoms with Crippen molar-refractivity contribution in [2.45, 2.75) is 19.3 Å². The van der Waals surface area contributed by atoms with E-state index in [1.54, 1.807) is 6.07 Å². The standard InChI is InChI=1S/C14H18ClNO2/c15-13-3-4-14(12(8-13)10-18)16-6-1-2-11(9-16)5-7-17/h3-4,8,10-11,17H,1-2,5-7,9H2. The molecule has 1 aromatic rings. The van der Waals surface area contributed by atoms with Gasteiger partial charge in [-0.2, -0.15) is 0 Å². The van der Waals surface area contributed by atoms with E-state index in [9.17, 15) is 4.79 Å². The Balaban J connectivity index is 2.17. The average Bonchev–Trinajstić information content (AvgIpc) is 2.39. The number of aliphatic hydroxyl groups is 1. The summed E-state index contributed by atoms with van der Waals surface area (Å²) < 4.78 is 0. The van der Waals surface area contributed by atoms with E-state index in [4.69, 9.17) is 16.7 Å².